The smallest absolute Gasteiger partial charge is 0.221 e. The number of methoxy groups -OCH3 is 1. The molecule has 0 amide bonds. The largest absolute Gasteiger partial charge is 0.497 e. The lowest BCUT2D eigenvalue weighted by atomic mass is 10.0. The number of hydrogen-bond acceptors (Lipinski definition) is 4. The summed E-state index contributed by atoms with van der Waals surface area (Å²) in [5, 5.41) is 0.250. The molecule has 1 aromatic heterocycles. The number of nitrogen functional groups attached to an aromatic ring is 1. The van der Waals surface area contributed by atoms with Crippen LogP contribution in [0.3, 0.4) is 0 Å². The third-order valence-electron chi connectivity index (χ3n) is 2.81. The molecule has 2 rings (SSSR count). The SMILES string of the molecule is COc1ccc(Cc2c(C)nc(N)nc2Cl)c(F)c1. The van der Waals surface area contributed by atoms with Crippen LogP contribution in [0.25, 0.3) is 0 Å². The second-order valence-electron chi connectivity index (χ2n) is 4.07. The first-order valence-corrected chi connectivity index (χ1v) is 6.00. The van der Waals surface area contributed by atoms with Crippen molar-refractivity contribution in [2.45, 2.75) is 13.3 Å². The van der Waals surface area contributed by atoms with Gasteiger partial charge in [-0.2, -0.15) is 0 Å². The minimum Gasteiger partial charge on any atom is -0.497 e. The van der Waals surface area contributed by atoms with E-state index in [1.54, 1.807) is 19.1 Å². The summed E-state index contributed by atoms with van der Waals surface area (Å²) in [7, 11) is 1.49. The fourth-order valence-electron chi connectivity index (χ4n) is 1.77. The molecule has 6 heteroatoms. The average Bonchev–Trinajstić information content (AvgIpc) is 2.35. The molecule has 0 aliphatic carbocycles. The molecular weight excluding hydrogens is 269 g/mol. The molecule has 2 aromatic rings. The Balaban J connectivity index is 2.36. The maximum absolute atomic E-state index is 13.9. The lowest BCUT2D eigenvalue weighted by Gasteiger charge is -2.09. The topological polar surface area (TPSA) is 61.0 Å². The summed E-state index contributed by atoms with van der Waals surface area (Å²) in [6.45, 7) is 1.76. The zero-order chi connectivity index (χ0) is 14.0. The fraction of sp³-hybridized carbons (Fsp3) is 0.231. The van der Waals surface area contributed by atoms with Gasteiger partial charge in [0.05, 0.1) is 7.11 Å². The van der Waals surface area contributed by atoms with E-state index in [1.807, 2.05) is 0 Å². The van der Waals surface area contributed by atoms with Crippen LogP contribution in [0.15, 0.2) is 18.2 Å². The molecule has 1 heterocycles. The lowest BCUT2D eigenvalue weighted by molar-refractivity contribution is 0.411. The van der Waals surface area contributed by atoms with Crippen LogP contribution in [0.5, 0.6) is 5.75 Å². The van der Waals surface area contributed by atoms with Gasteiger partial charge in [0.1, 0.15) is 16.7 Å². The van der Waals surface area contributed by atoms with E-state index in [0.717, 1.165) is 0 Å². The van der Waals surface area contributed by atoms with E-state index in [2.05, 4.69) is 9.97 Å². The van der Waals surface area contributed by atoms with Gasteiger partial charge in [0, 0.05) is 23.7 Å². The van der Waals surface area contributed by atoms with Crippen molar-refractivity contribution in [3.63, 3.8) is 0 Å². The molecule has 1 aromatic carbocycles. The van der Waals surface area contributed by atoms with E-state index in [9.17, 15) is 4.39 Å². The molecular formula is C13H13ClFN3O. The Kier molecular flexibility index (Phi) is 3.85. The van der Waals surface area contributed by atoms with Gasteiger partial charge in [0.25, 0.3) is 0 Å². The van der Waals surface area contributed by atoms with Crippen molar-refractivity contribution in [2.75, 3.05) is 12.8 Å². The predicted molar refractivity (Wildman–Crippen MR) is 71.9 cm³/mol. The lowest BCUT2D eigenvalue weighted by Crippen LogP contribution is -2.04. The average molecular weight is 282 g/mol. The van der Waals surface area contributed by atoms with Crippen molar-refractivity contribution >= 4 is 17.5 Å². The number of aromatic nitrogens is 2. The molecule has 0 saturated heterocycles. The highest BCUT2D eigenvalue weighted by atomic mass is 35.5. The van der Waals surface area contributed by atoms with Crippen molar-refractivity contribution in [3.05, 3.63) is 46.0 Å². The zero-order valence-corrected chi connectivity index (χ0v) is 11.3. The number of nitrogens with zero attached hydrogens (tertiary/aromatic N) is 2. The molecule has 0 unspecified atom stereocenters. The molecule has 0 aliphatic heterocycles. The summed E-state index contributed by atoms with van der Waals surface area (Å²) in [5.74, 6) is 0.228. The Bertz CT molecular complexity index is 596. The van der Waals surface area contributed by atoms with E-state index < -0.39 is 0 Å². The van der Waals surface area contributed by atoms with Crippen molar-refractivity contribution in [3.8, 4) is 5.75 Å². The maximum atomic E-state index is 13.9. The molecule has 0 radical (unpaired) electrons. The standard InChI is InChI=1S/C13H13ClFN3O/c1-7-10(12(14)18-13(16)17-7)5-8-3-4-9(19-2)6-11(8)15/h3-4,6H,5H2,1-2H3,(H2,16,17,18). The molecule has 0 bridgehead atoms. The highest BCUT2D eigenvalue weighted by molar-refractivity contribution is 6.30. The summed E-state index contributed by atoms with van der Waals surface area (Å²) in [5.41, 5.74) is 7.30. The normalized spacial score (nSPS) is 10.5. The van der Waals surface area contributed by atoms with Crippen molar-refractivity contribution in [2.24, 2.45) is 0 Å². The van der Waals surface area contributed by atoms with Crippen LogP contribution in [0.4, 0.5) is 10.3 Å². The Morgan fingerprint density at radius 1 is 1.37 bits per heavy atom. The summed E-state index contributed by atoms with van der Waals surface area (Å²) >= 11 is 6.02. The monoisotopic (exact) mass is 281 g/mol. The molecule has 0 atom stereocenters. The van der Waals surface area contributed by atoms with Crippen LogP contribution in [-0.2, 0) is 6.42 Å². The van der Waals surface area contributed by atoms with Gasteiger partial charge in [-0.3, -0.25) is 0 Å². The third-order valence-corrected chi connectivity index (χ3v) is 3.12. The molecule has 0 saturated carbocycles. The van der Waals surface area contributed by atoms with Gasteiger partial charge in [0.2, 0.25) is 5.95 Å². The van der Waals surface area contributed by atoms with Crippen molar-refractivity contribution in [1.29, 1.82) is 0 Å². The fourth-order valence-corrected chi connectivity index (χ4v) is 2.06. The van der Waals surface area contributed by atoms with Gasteiger partial charge in [-0.25, -0.2) is 14.4 Å². The molecule has 0 fully saturated rings. The zero-order valence-electron chi connectivity index (χ0n) is 10.6. The van der Waals surface area contributed by atoms with Crippen molar-refractivity contribution in [1.82, 2.24) is 9.97 Å². The summed E-state index contributed by atoms with van der Waals surface area (Å²) in [4.78, 5) is 7.91. The minimum atomic E-state index is -0.355. The minimum absolute atomic E-state index is 0.112. The van der Waals surface area contributed by atoms with Crippen LogP contribution in [0.1, 0.15) is 16.8 Å². The van der Waals surface area contributed by atoms with Gasteiger partial charge >= 0.3 is 0 Å². The molecule has 0 spiro atoms. The first-order valence-electron chi connectivity index (χ1n) is 5.62. The molecule has 2 N–H and O–H groups in total. The van der Waals surface area contributed by atoms with Gasteiger partial charge < -0.3 is 10.5 Å². The maximum Gasteiger partial charge on any atom is 0.221 e. The van der Waals surface area contributed by atoms with Gasteiger partial charge in [-0.15, -0.1) is 0 Å². The van der Waals surface area contributed by atoms with Crippen LogP contribution >= 0.6 is 11.6 Å². The number of halogens is 2. The highest BCUT2D eigenvalue weighted by Crippen LogP contribution is 2.24. The number of hydrogen-bond donors (Lipinski definition) is 1. The first kappa shape index (κ1) is 13.5. The Hall–Kier alpha value is -1.88. The molecule has 0 aliphatic rings. The number of rotatable bonds is 3. The number of ether oxygens (including phenoxy) is 1. The number of nitrogens with two attached hydrogens (primary N) is 1. The van der Waals surface area contributed by atoms with Crippen LogP contribution in [0, 0.1) is 12.7 Å². The number of benzene rings is 1. The Morgan fingerprint density at radius 2 is 2.11 bits per heavy atom. The Morgan fingerprint density at radius 3 is 2.68 bits per heavy atom. The number of anilines is 1. The first-order chi connectivity index (χ1) is 9.01. The quantitative estimate of drug-likeness (QED) is 0.879. The summed E-state index contributed by atoms with van der Waals surface area (Å²) in [6, 6.07) is 4.68. The van der Waals surface area contributed by atoms with Crippen molar-refractivity contribution < 1.29 is 9.13 Å². The third kappa shape index (κ3) is 2.93. The van der Waals surface area contributed by atoms with E-state index >= 15 is 0 Å². The summed E-state index contributed by atoms with van der Waals surface area (Å²) in [6.07, 6.45) is 0.306. The number of aryl methyl sites for hydroxylation is 1. The van der Waals surface area contributed by atoms with Crippen LogP contribution in [-0.4, -0.2) is 17.1 Å². The van der Waals surface area contributed by atoms with E-state index in [1.165, 1.54) is 13.2 Å². The van der Waals surface area contributed by atoms with Crippen LogP contribution < -0.4 is 10.5 Å². The Labute approximate surface area is 115 Å². The van der Waals surface area contributed by atoms with E-state index in [0.29, 0.717) is 29.0 Å². The summed E-state index contributed by atoms with van der Waals surface area (Å²) < 4.78 is 18.8. The second kappa shape index (κ2) is 5.40. The van der Waals surface area contributed by atoms with Gasteiger partial charge in [-0.1, -0.05) is 17.7 Å². The molecule has 4 nitrogen and oxygen atoms in total. The predicted octanol–water partition coefficient (Wildman–Crippen LogP) is 2.76. The van der Waals surface area contributed by atoms with Gasteiger partial charge in [0.15, 0.2) is 0 Å². The van der Waals surface area contributed by atoms with E-state index in [4.69, 9.17) is 22.1 Å². The second-order valence-corrected chi connectivity index (χ2v) is 4.43. The van der Waals surface area contributed by atoms with Gasteiger partial charge in [-0.05, 0) is 18.6 Å². The highest BCUT2D eigenvalue weighted by Gasteiger charge is 2.12. The molecule has 19 heavy (non-hydrogen) atoms. The van der Waals surface area contributed by atoms with Crippen LogP contribution in [0.2, 0.25) is 5.15 Å². The molecule has 100 valence electrons. The van der Waals surface area contributed by atoms with E-state index in [-0.39, 0.29) is 16.9 Å².